The number of halogens is 4. The zero-order valence-electron chi connectivity index (χ0n) is 11.2. The Balaban J connectivity index is 2.18. The van der Waals surface area contributed by atoms with Gasteiger partial charge in [0.25, 0.3) is 12.3 Å². The first-order chi connectivity index (χ1) is 9.88. The van der Waals surface area contributed by atoms with Crippen LogP contribution in [-0.2, 0) is 0 Å². The van der Waals surface area contributed by atoms with Gasteiger partial charge in [-0.1, -0.05) is 15.9 Å². The van der Waals surface area contributed by atoms with E-state index < -0.39 is 18.1 Å². The summed E-state index contributed by atoms with van der Waals surface area (Å²) >= 11 is 3.18. The van der Waals surface area contributed by atoms with E-state index in [-0.39, 0.29) is 12.1 Å². The van der Waals surface area contributed by atoms with Crippen LogP contribution in [0.4, 0.5) is 18.9 Å². The number of nitrogens with zero attached hydrogens (tertiary/aromatic N) is 2. The Morgan fingerprint density at radius 3 is 2.43 bits per heavy atom. The number of carbonyl (C=O) groups is 1. The summed E-state index contributed by atoms with van der Waals surface area (Å²) in [4.78, 5) is 14.9. The molecule has 1 aromatic carbocycles. The topological polar surface area (TPSA) is 49.6 Å². The number of carbonyl (C=O) groups excluding carboxylic acids is 1. The fourth-order valence-electron chi connectivity index (χ4n) is 2.42. The minimum atomic E-state index is -2.37. The lowest BCUT2D eigenvalue weighted by molar-refractivity contribution is 0.0854. The summed E-state index contributed by atoms with van der Waals surface area (Å²) in [6, 6.07) is 2.79. The number of primary amides is 1. The molecule has 1 aliphatic rings. The van der Waals surface area contributed by atoms with Crippen LogP contribution in [0.1, 0.15) is 10.4 Å². The second-order valence-corrected chi connectivity index (χ2v) is 5.74. The summed E-state index contributed by atoms with van der Waals surface area (Å²) < 4.78 is 39.1. The molecule has 1 fully saturated rings. The van der Waals surface area contributed by atoms with Crippen molar-refractivity contribution >= 4 is 27.5 Å². The molecule has 0 atom stereocenters. The number of nitrogens with two attached hydrogens (primary N) is 1. The van der Waals surface area contributed by atoms with E-state index >= 15 is 0 Å². The van der Waals surface area contributed by atoms with Crippen molar-refractivity contribution in [3.63, 3.8) is 0 Å². The Labute approximate surface area is 128 Å². The summed E-state index contributed by atoms with van der Waals surface area (Å²) in [7, 11) is 0. The van der Waals surface area contributed by atoms with Gasteiger partial charge in [-0.2, -0.15) is 0 Å². The van der Waals surface area contributed by atoms with Crippen LogP contribution < -0.4 is 10.6 Å². The molecule has 2 N–H and O–H groups in total. The zero-order chi connectivity index (χ0) is 15.6. The molecule has 1 aromatic rings. The van der Waals surface area contributed by atoms with Crippen LogP contribution >= 0.6 is 15.9 Å². The number of benzene rings is 1. The van der Waals surface area contributed by atoms with Crippen molar-refractivity contribution in [2.24, 2.45) is 5.73 Å². The highest BCUT2D eigenvalue weighted by Crippen LogP contribution is 2.28. The fraction of sp³-hybridized carbons (Fsp3) is 0.462. The molecule has 1 heterocycles. The van der Waals surface area contributed by atoms with Gasteiger partial charge in [-0.25, -0.2) is 13.2 Å². The molecule has 1 saturated heterocycles. The maximum absolute atomic E-state index is 13.9. The first-order valence-corrected chi connectivity index (χ1v) is 7.22. The predicted molar refractivity (Wildman–Crippen MR) is 77.3 cm³/mol. The van der Waals surface area contributed by atoms with Crippen LogP contribution in [0, 0.1) is 5.82 Å². The normalized spacial score (nSPS) is 16.5. The number of rotatable bonds is 4. The number of anilines is 1. The van der Waals surface area contributed by atoms with Crippen molar-refractivity contribution in [1.82, 2.24) is 4.90 Å². The molecule has 4 nitrogen and oxygen atoms in total. The van der Waals surface area contributed by atoms with E-state index in [1.165, 1.54) is 6.07 Å². The second-order valence-electron chi connectivity index (χ2n) is 4.82. The van der Waals surface area contributed by atoms with Crippen LogP contribution in [0.2, 0.25) is 0 Å². The Hall–Kier alpha value is -1.28. The first kappa shape index (κ1) is 16.1. The molecule has 0 aromatic heterocycles. The molecule has 0 saturated carbocycles. The van der Waals surface area contributed by atoms with E-state index in [2.05, 4.69) is 15.9 Å². The number of hydrogen-bond donors (Lipinski definition) is 1. The minimum absolute atomic E-state index is 0.166. The van der Waals surface area contributed by atoms with Crippen LogP contribution in [0.15, 0.2) is 16.6 Å². The number of piperazine rings is 1. The molecule has 1 aliphatic heterocycles. The Morgan fingerprint density at radius 1 is 1.29 bits per heavy atom. The summed E-state index contributed by atoms with van der Waals surface area (Å²) in [5, 5.41) is 0. The SMILES string of the molecule is NC(=O)c1c(F)cc(Br)cc1N1CCN(CC(F)F)CC1. The summed E-state index contributed by atoms with van der Waals surface area (Å²) in [6.07, 6.45) is -2.37. The van der Waals surface area contributed by atoms with Gasteiger partial charge < -0.3 is 10.6 Å². The molecule has 0 aliphatic carbocycles. The highest BCUT2D eigenvalue weighted by atomic mass is 79.9. The van der Waals surface area contributed by atoms with Crippen LogP contribution in [0.25, 0.3) is 0 Å². The largest absolute Gasteiger partial charge is 0.368 e. The molecule has 0 unspecified atom stereocenters. The standard InChI is InChI=1S/C13H15BrF3N3O/c14-8-5-9(15)12(13(18)21)10(6-8)20-3-1-19(2-4-20)7-11(16)17/h5-6,11H,1-4,7H2,(H2,18,21). The van der Waals surface area contributed by atoms with E-state index in [1.807, 2.05) is 0 Å². The van der Waals surface area contributed by atoms with Gasteiger partial charge in [0, 0.05) is 30.7 Å². The molecule has 116 valence electrons. The predicted octanol–water partition coefficient (Wildman–Crippen LogP) is 2.07. The molecule has 1 amide bonds. The van der Waals surface area contributed by atoms with Gasteiger partial charge in [-0.05, 0) is 12.1 Å². The van der Waals surface area contributed by atoms with Gasteiger partial charge in [0.15, 0.2) is 0 Å². The lowest BCUT2D eigenvalue weighted by Gasteiger charge is -2.36. The molecule has 0 radical (unpaired) electrons. The molecule has 21 heavy (non-hydrogen) atoms. The van der Waals surface area contributed by atoms with Crippen LogP contribution in [-0.4, -0.2) is 50.0 Å². The summed E-state index contributed by atoms with van der Waals surface area (Å²) in [5.74, 6) is -1.54. The van der Waals surface area contributed by atoms with Gasteiger partial charge in [-0.3, -0.25) is 9.69 Å². The highest BCUT2D eigenvalue weighted by molar-refractivity contribution is 9.10. The third-order valence-electron chi connectivity index (χ3n) is 3.39. The number of hydrogen-bond acceptors (Lipinski definition) is 3. The van der Waals surface area contributed by atoms with E-state index in [4.69, 9.17) is 5.73 Å². The van der Waals surface area contributed by atoms with E-state index in [9.17, 15) is 18.0 Å². The molecule has 0 bridgehead atoms. The van der Waals surface area contributed by atoms with Crippen molar-refractivity contribution in [3.05, 3.63) is 28.0 Å². The van der Waals surface area contributed by atoms with Gasteiger partial charge in [0.05, 0.1) is 17.8 Å². The van der Waals surface area contributed by atoms with Crippen molar-refractivity contribution in [2.75, 3.05) is 37.6 Å². The van der Waals surface area contributed by atoms with E-state index in [1.54, 1.807) is 15.9 Å². The maximum Gasteiger partial charge on any atom is 0.253 e. The van der Waals surface area contributed by atoms with Gasteiger partial charge in [0.1, 0.15) is 5.82 Å². The highest BCUT2D eigenvalue weighted by Gasteiger charge is 2.24. The average molecular weight is 366 g/mol. The third-order valence-corrected chi connectivity index (χ3v) is 3.85. The van der Waals surface area contributed by atoms with Crippen molar-refractivity contribution in [1.29, 1.82) is 0 Å². The molecule has 8 heteroatoms. The Kier molecular flexibility index (Phi) is 5.10. The maximum atomic E-state index is 13.9. The molecular weight excluding hydrogens is 351 g/mol. The number of amides is 1. The average Bonchev–Trinajstić information content (AvgIpc) is 2.37. The van der Waals surface area contributed by atoms with Gasteiger partial charge in [-0.15, -0.1) is 0 Å². The second kappa shape index (κ2) is 6.65. The molecule has 0 spiro atoms. The third kappa shape index (κ3) is 3.88. The zero-order valence-corrected chi connectivity index (χ0v) is 12.7. The van der Waals surface area contributed by atoms with Gasteiger partial charge >= 0.3 is 0 Å². The monoisotopic (exact) mass is 365 g/mol. The van der Waals surface area contributed by atoms with Crippen LogP contribution in [0.5, 0.6) is 0 Å². The minimum Gasteiger partial charge on any atom is -0.368 e. The molecular formula is C13H15BrF3N3O. The Bertz CT molecular complexity index is 534. The fourth-order valence-corrected chi connectivity index (χ4v) is 2.84. The lowest BCUT2D eigenvalue weighted by atomic mass is 10.1. The molecule has 2 rings (SSSR count). The quantitative estimate of drug-likeness (QED) is 0.888. The smallest absolute Gasteiger partial charge is 0.253 e. The van der Waals surface area contributed by atoms with Gasteiger partial charge in [0.2, 0.25) is 0 Å². The summed E-state index contributed by atoms with van der Waals surface area (Å²) in [5.41, 5.74) is 5.46. The summed E-state index contributed by atoms with van der Waals surface area (Å²) in [6.45, 7) is 1.45. The van der Waals surface area contributed by atoms with Crippen molar-refractivity contribution in [2.45, 2.75) is 6.43 Å². The van der Waals surface area contributed by atoms with E-state index in [0.29, 0.717) is 36.3 Å². The first-order valence-electron chi connectivity index (χ1n) is 6.42. The van der Waals surface area contributed by atoms with E-state index in [0.717, 1.165) is 0 Å². The van der Waals surface area contributed by atoms with Crippen LogP contribution in [0.3, 0.4) is 0 Å². The van der Waals surface area contributed by atoms with Crippen molar-refractivity contribution in [3.8, 4) is 0 Å². The lowest BCUT2D eigenvalue weighted by Crippen LogP contribution is -2.48. The Morgan fingerprint density at radius 2 is 1.90 bits per heavy atom. The van der Waals surface area contributed by atoms with Crippen molar-refractivity contribution < 1.29 is 18.0 Å². The number of alkyl halides is 2.